The van der Waals surface area contributed by atoms with Gasteiger partial charge in [-0.1, -0.05) is 60.7 Å². The van der Waals surface area contributed by atoms with Crippen LogP contribution >= 0.6 is 0 Å². The molecule has 110 valence electrons. The number of ketones is 1. The van der Waals surface area contributed by atoms with Crippen LogP contribution in [0.15, 0.2) is 60.7 Å². The van der Waals surface area contributed by atoms with Gasteiger partial charge in [-0.2, -0.15) is 0 Å². The van der Waals surface area contributed by atoms with Gasteiger partial charge in [0, 0.05) is 12.0 Å². The highest BCUT2D eigenvalue weighted by atomic mass is 28.4. The van der Waals surface area contributed by atoms with Gasteiger partial charge >= 0.3 is 0 Å². The van der Waals surface area contributed by atoms with Crippen molar-refractivity contribution < 1.29 is 9.22 Å². The van der Waals surface area contributed by atoms with Crippen molar-refractivity contribution in [2.45, 2.75) is 32.2 Å². The van der Waals surface area contributed by atoms with Gasteiger partial charge in [-0.15, -0.1) is 0 Å². The second-order valence-corrected chi connectivity index (χ2v) is 10.6. The Labute approximate surface area is 127 Å². The third-order valence-corrected chi connectivity index (χ3v) is 4.10. The Balaban J connectivity index is 2.22. The molecule has 2 rings (SSSR count). The Morgan fingerprint density at radius 1 is 0.952 bits per heavy atom. The summed E-state index contributed by atoms with van der Waals surface area (Å²) in [6.07, 6.45) is 0.222. The minimum atomic E-state index is -1.79. The SMILES string of the molecule is C[Si](C)(C)O[C@H](Cc1ccccc1)C(=O)c1ccccc1. The van der Waals surface area contributed by atoms with Crippen molar-refractivity contribution in [2.75, 3.05) is 0 Å². The summed E-state index contributed by atoms with van der Waals surface area (Å²) < 4.78 is 6.15. The van der Waals surface area contributed by atoms with E-state index in [1.54, 1.807) is 0 Å². The molecule has 0 aliphatic heterocycles. The van der Waals surface area contributed by atoms with Gasteiger partial charge in [0.2, 0.25) is 0 Å². The van der Waals surface area contributed by atoms with E-state index in [1.165, 1.54) is 0 Å². The zero-order valence-corrected chi connectivity index (χ0v) is 13.9. The second-order valence-electron chi connectivity index (χ2n) is 6.14. The number of carbonyl (C=O) groups is 1. The van der Waals surface area contributed by atoms with Crippen molar-refractivity contribution in [1.29, 1.82) is 0 Å². The van der Waals surface area contributed by atoms with Crippen LogP contribution in [0.25, 0.3) is 0 Å². The molecule has 0 N–H and O–H groups in total. The first kappa shape index (κ1) is 15.7. The Morgan fingerprint density at radius 3 is 2.00 bits per heavy atom. The molecular weight excluding hydrogens is 276 g/mol. The molecule has 0 spiro atoms. The van der Waals surface area contributed by atoms with E-state index in [9.17, 15) is 4.79 Å². The lowest BCUT2D eigenvalue weighted by molar-refractivity contribution is 0.0780. The molecule has 0 fully saturated rings. The van der Waals surface area contributed by atoms with Crippen LogP contribution in [0.3, 0.4) is 0 Å². The first-order valence-corrected chi connectivity index (χ1v) is 10.7. The van der Waals surface area contributed by atoms with Crippen molar-refractivity contribution in [1.82, 2.24) is 0 Å². The topological polar surface area (TPSA) is 26.3 Å². The highest BCUT2D eigenvalue weighted by molar-refractivity contribution is 6.69. The maximum atomic E-state index is 12.7. The van der Waals surface area contributed by atoms with E-state index < -0.39 is 14.4 Å². The molecule has 0 amide bonds. The predicted molar refractivity (Wildman–Crippen MR) is 89.1 cm³/mol. The molecule has 0 radical (unpaired) electrons. The van der Waals surface area contributed by atoms with Gasteiger partial charge in [0.15, 0.2) is 14.1 Å². The molecule has 0 saturated heterocycles. The van der Waals surface area contributed by atoms with E-state index in [4.69, 9.17) is 4.43 Å². The van der Waals surface area contributed by atoms with Crippen LogP contribution in [-0.4, -0.2) is 20.2 Å². The lowest BCUT2D eigenvalue weighted by Crippen LogP contribution is -2.38. The summed E-state index contributed by atoms with van der Waals surface area (Å²) in [5, 5.41) is 0. The van der Waals surface area contributed by atoms with Crippen LogP contribution in [-0.2, 0) is 10.8 Å². The molecule has 0 bridgehead atoms. The molecule has 1 atom stereocenters. The highest BCUT2D eigenvalue weighted by Crippen LogP contribution is 2.17. The van der Waals surface area contributed by atoms with E-state index in [2.05, 4.69) is 19.6 Å². The lowest BCUT2D eigenvalue weighted by Gasteiger charge is -2.25. The molecule has 0 saturated carbocycles. The summed E-state index contributed by atoms with van der Waals surface area (Å²) in [6, 6.07) is 19.5. The van der Waals surface area contributed by atoms with E-state index in [0.717, 1.165) is 11.1 Å². The van der Waals surface area contributed by atoms with E-state index in [1.807, 2.05) is 60.7 Å². The number of benzene rings is 2. The summed E-state index contributed by atoms with van der Waals surface area (Å²) >= 11 is 0. The fraction of sp³-hybridized carbons (Fsp3) is 0.278. The summed E-state index contributed by atoms with van der Waals surface area (Å²) in [6.45, 7) is 6.34. The minimum Gasteiger partial charge on any atom is -0.407 e. The van der Waals surface area contributed by atoms with Gasteiger partial charge in [0.25, 0.3) is 0 Å². The molecule has 0 aromatic heterocycles. The highest BCUT2D eigenvalue weighted by Gasteiger charge is 2.27. The summed E-state index contributed by atoms with van der Waals surface area (Å²) in [5.74, 6) is 0.0712. The molecule has 0 unspecified atom stereocenters. The standard InChI is InChI=1S/C18H22O2Si/c1-21(2,3)20-17(14-15-10-6-4-7-11-15)18(19)16-12-8-5-9-13-16/h4-13,17H,14H2,1-3H3/t17-/m1/s1. The molecule has 2 aromatic rings. The Bertz CT molecular complexity index is 573. The van der Waals surface area contributed by atoms with Gasteiger partial charge < -0.3 is 4.43 Å². The van der Waals surface area contributed by atoms with Crippen LogP contribution in [0.1, 0.15) is 15.9 Å². The van der Waals surface area contributed by atoms with Crippen LogP contribution in [0.2, 0.25) is 19.6 Å². The summed E-state index contributed by atoms with van der Waals surface area (Å²) in [4.78, 5) is 12.7. The monoisotopic (exact) mass is 298 g/mol. The summed E-state index contributed by atoms with van der Waals surface area (Å²) in [5.41, 5.74) is 1.85. The van der Waals surface area contributed by atoms with Crippen LogP contribution in [0.4, 0.5) is 0 Å². The van der Waals surface area contributed by atoms with E-state index in [0.29, 0.717) is 6.42 Å². The molecular formula is C18H22O2Si. The Kier molecular flexibility index (Phi) is 5.10. The fourth-order valence-corrected chi connectivity index (χ4v) is 3.28. The van der Waals surface area contributed by atoms with Crippen LogP contribution in [0.5, 0.6) is 0 Å². The van der Waals surface area contributed by atoms with Crippen LogP contribution in [0, 0.1) is 0 Å². The van der Waals surface area contributed by atoms with Crippen LogP contribution < -0.4 is 0 Å². The number of hydrogen-bond acceptors (Lipinski definition) is 2. The molecule has 0 heterocycles. The Morgan fingerprint density at radius 2 is 1.48 bits per heavy atom. The Hall–Kier alpha value is -1.71. The first-order chi connectivity index (χ1) is 9.96. The molecule has 2 nitrogen and oxygen atoms in total. The minimum absolute atomic E-state index is 0.0712. The van der Waals surface area contributed by atoms with E-state index in [-0.39, 0.29) is 5.78 Å². The normalized spacial score (nSPS) is 12.9. The maximum Gasteiger partial charge on any atom is 0.190 e. The third kappa shape index (κ3) is 4.96. The van der Waals surface area contributed by atoms with Gasteiger partial charge in [0.05, 0.1) is 0 Å². The molecule has 21 heavy (non-hydrogen) atoms. The van der Waals surface area contributed by atoms with Gasteiger partial charge in [-0.3, -0.25) is 4.79 Å². The average Bonchev–Trinajstić information content (AvgIpc) is 2.46. The smallest absolute Gasteiger partial charge is 0.190 e. The predicted octanol–water partition coefficient (Wildman–Crippen LogP) is 4.33. The van der Waals surface area contributed by atoms with Crippen molar-refractivity contribution in [3.8, 4) is 0 Å². The second kappa shape index (κ2) is 6.83. The van der Waals surface area contributed by atoms with Crippen molar-refractivity contribution in [2.24, 2.45) is 0 Å². The quantitative estimate of drug-likeness (QED) is 0.586. The lowest BCUT2D eigenvalue weighted by atomic mass is 10.0. The summed E-state index contributed by atoms with van der Waals surface area (Å²) in [7, 11) is -1.79. The molecule has 0 aliphatic carbocycles. The van der Waals surface area contributed by atoms with Gasteiger partial charge in [-0.05, 0) is 25.2 Å². The zero-order valence-electron chi connectivity index (χ0n) is 12.9. The zero-order chi connectivity index (χ0) is 15.3. The van der Waals surface area contributed by atoms with Crippen molar-refractivity contribution in [3.05, 3.63) is 71.8 Å². The van der Waals surface area contributed by atoms with Gasteiger partial charge in [-0.25, -0.2) is 0 Å². The number of rotatable bonds is 6. The maximum absolute atomic E-state index is 12.7. The number of hydrogen-bond donors (Lipinski definition) is 0. The third-order valence-electron chi connectivity index (χ3n) is 3.11. The van der Waals surface area contributed by atoms with Crippen molar-refractivity contribution in [3.63, 3.8) is 0 Å². The fourth-order valence-electron chi connectivity index (χ4n) is 2.23. The number of carbonyl (C=O) groups excluding carboxylic acids is 1. The molecule has 2 aromatic carbocycles. The molecule has 0 aliphatic rings. The molecule has 3 heteroatoms. The average molecular weight is 298 g/mol. The van der Waals surface area contributed by atoms with E-state index >= 15 is 0 Å². The largest absolute Gasteiger partial charge is 0.407 e. The number of Topliss-reactive ketones (excluding diaryl/α,β-unsaturated/α-hetero) is 1. The first-order valence-electron chi connectivity index (χ1n) is 7.27. The van der Waals surface area contributed by atoms with Gasteiger partial charge in [0.1, 0.15) is 6.10 Å². The van der Waals surface area contributed by atoms with Crippen molar-refractivity contribution >= 4 is 14.1 Å².